The van der Waals surface area contributed by atoms with Gasteiger partial charge < -0.3 is 10.1 Å². The Bertz CT molecular complexity index is 392. The Morgan fingerprint density at radius 3 is 2.47 bits per heavy atom. The predicted octanol–water partition coefficient (Wildman–Crippen LogP) is 3.80. The van der Waals surface area contributed by atoms with Crippen LogP contribution in [-0.2, 0) is 4.79 Å². The van der Waals surface area contributed by atoms with Crippen LogP contribution in [0.5, 0.6) is 5.75 Å². The molecule has 0 spiro atoms. The molecule has 1 rings (SSSR count). The molecule has 0 aliphatic rings. The summed E-state index contributed by atoms with van der Waals surface area (Å²) in [5.74, 6) is 0.605. The molecular formula is C15H22ClNO2. The lowest BCUT2D eigenvalue weighted by Gasteiger charge is -2.20. The van der Waals surface area contributed by atoms with Crippen molar-refractivity contribution in [2.75, 3.05) is 0 Å². The Morgan fingerprint density at radius 1 is 1.32 bits per heavy atom. The fraction of sp³-hybridized carbons (Fsp3) is 0.533. The number of hydrogen-bond acceptors (Lipinski definition) is 2. The van der Waals surface area contributed by atoms with E-state index in [2.05, 4.69) is 12.2 Å². The van der Waals surface area contributed by atoms with E-state index in [0.29, 0.717) is 17.2 Å². The van der Waals surface area contributed by atoms with Gasteiger partial charge in [-0.1, -0.05) is 31.9 Å². The zero-order chi connectivity index (χ0) is 14.3. The van der Waals surface area contributed by atoms with E-state index in [-0.39, 0.29) is 11.9 Å². The van der Waals surface area contributed by atoms with Crippen LogP contribution in [0, 0.1) is 0 Å². The molecule has 1 amide bonds. The summed E-state index contributed by atoms with van der Waals surface area (Å²) in [6.45, 7) is 6.05. The molecule has 0 bridgehead atoms. The highest BCUT2D eigenvalue weighted by atomic mass is 35.5. The number of nitrogens with one attached hydrogen (secondary N) is 1. The smallest absolute Gasteiger partial charge is 0.261 e. The quantitative estimate of drug-likeness (QED) is 0.826. The summed E-state index contributed by atoms with van der Waals surface area (Å²) in [6.07, 6.45) is 2.20. The molecule has 1 aromatic rings. The van der Waals surface area contributed by atoms with Crippen molar-refractivity contribution in [3.05, 3.63) is 29.3 Å². The van der Waals surface area contributed by atoms with Crippen molar-refractivity contribution in [1.82, 2.24) is 5.32 Å². The number of carbonyl (C=O) groups is 1. The average Bonchev–Trinajstić information content (AvgIpc) is 2.38. The third kappa shape index (κ3) is 5.52. The molecule has 19 heavy (non-hydrogen) atoms. The molecular weight excluding hydrogens is 262 g/mol. The van der Waals surface area contributed by atoms with Gasteiger partial charge >= 0.3 is 0 Å². The molecule has 0 radical (unpaired) electrons. The summed E-state index contributed by atoms with van der Waals surface area (Å²) in [6, 6.07) is 7.23. The molecule has 106 valence electrons. The number of benzene rings is 1. The highest BCUT2D eigenvalue weighted by molar-refractivity contribution is 6.30. The first-order valence-electron chi connectivity index (χ1n) is 6.79. The van der Waals surface area contributed by atoms with E-state index in [4.69, 9.17) is 16.3 Å². The fourth-order valence-corrected chi connectivity index (χ4v) is 1.97. The lowest BCUT2D eigenvalue weighted by molar-refractivity contribution is -0.128. The van der Waals surface area contributed by atoms with E-state index in [1.165, 1.54) is 0 Å². The van der Waals surface area contributed by atoms with Crippen LogP contribution in [0.1, 0.15) is 40.0 Å². The molecule has 0 saturated carbocycles. The lowest BCUT2D eigenvalue weighted by Crippen LogP contribution is -2.42. The SMILES string of the molecule is CCC[C@H](C)NC(=O)[C@H](CC)Oc1ccc(Cl)cc1. The molecule has 1 N–H and O–H groups in total. The number of hydrogen-bond donors (Lipinski definition) is 1. The van der Waals surface area contributed by atoms with Crippen LogP contribution in [0.15, 0.2) is 24.3 Å². The molecule has 2 atom stereocenters. The average molecular weight is 284 g/mol. The molecule has 0 aromatic heterocycles. The fourth-order valence-electron chi connectivity index (χ4n) is 1.84. The van der Waals surface area contributed by atoms with Gasteiger partial charge in [-0.3, -0.25) is 4.79 Å². The lowest BCUT2D eigenvalue weighted by atomic mass is 10.1. The second-order valence-corrected chi connectivity index (χ2v) is 5.10. The number of carbonyl (C=O) groups excluding carboxylic acids is 1. The minimum Gasteiger partial charge on any atom is -0.481 e. The maximum atomic E-state index is 12.1. The Balaban J connectivity index is 2.57. The predicted molar refractivity (Wildman–Crippen MR) is 78.7 cm³/mol. The molecule has 4 heteroatoms. The standard InChI is InChI=1S/C15H22ClNO2/c1-4-6-11(3)17-15(18)14(5-2)19-13-9-7-12(16)8-10-13/h7-11,14H,4-6H2,1-3H3,(H,17,18)/t11-,14-/m0/s1. The first-order valence-corrected chi connectivity index (χ1v) is 7.17. The zero-order valence-corrected chi connectivity index (χ0v) is 12.5. The Hall–Kier alpha value is -1.22. The Labute approximate surface area is 120 Å². The normalized spacial score (nSPS) is 13.7. The second kappa shape index (κ2) is 8.05. The minimum absolute atomic E-state index is 0.0570. The summed E-state index contributed by atoms with van der Waals surface area (Å²) in [7, 11) is 0. The molecule has 0 fully saturated rings. The highest BCUT2D eigenvalue weighted by Crippen LogP contribution is 2.17. The van der Waals surface area contributed by atoms with Crippen molar-refractivity contribution in [2.24, 2.45) is 0 Å². The molecule has 0 unspecified atom stereocenters. The highest BCUT2D eigenvalue weighted by Gasteiger charge is 2.19. The zero-order valence-electron chi connectivity index (χ0n) is 11.8. The first kappa shape index (κ1) is 15.8. The van der Waals surface area contributed by atoms with Crippen LogP contribution < -0.4 is 10.1 Å². The van der Waals surface area contributed by atoms with Crippen molar-refractivity contribution >= 4 is 17.5 Å². The van der Waals surface area contributed by atoms with Gasteiger partial charge in [0.1, 0.15) is 5.75 Å². The maximum absolute atomic E-state index is 12.1. The third-order valence-corrected chi connectivity index (χ3v) is 3.12. The van der Waals surface area contributed by atoms with Gasteiger partial charge in [-0.25, -0.2) is 0 Å². The summed E-state index contributed by atoms with van der Waals surface area (Å²) >= 11 is 5.81. The van der Waals surface area contributed by atoms with Crippen molar-refractivity contribution in [3.8, 4) is 5.75 Å². The van der Waals surface area contributed by atoms with Gasteiger partial charge in [-0.15, -0.1) is 0 Å². The van der Waals surface area contributed by atoms with Gasteiger partial charge in [0.2, 0.25) is 0 Å². The van der Waals surface area contributed by atoms with E-state index in [1.807, 2.05) is 13.8 Å². The topological polar surface area (TPSA) is 38.3 Å². The number of amides is 1. The van der Waals surface area contributed by atoms with Gasteiger partial charge in [-0.2, -0.15) is 0 Å². The number of halogens is 1. The number of rotatable bonds is 7. The van der Waals surface area contributed by atoms with Gasteiger partial charge in [0.15, 0.2) is 6.10 Å². The van der Waals surface area contributed by atoms with Crippen LogP contribution in [0.2, 0.25) is 5.02 Å². The molecule has 0 aliphatic carbocycles. The summed E-state index contributed by atoms with van der Waals surface area (Å²) in [4.78, 5) is 12.1. The van der Waals surface area contributed by atoms with Crippen LogP contribution in [0.3, 0.4) is 0 Å². The maximum Gasteiger partial charge on any atom is 0.261 e. The van der Waals surface area contributed by atoms with Crippen LogP contribution >= 0.6 is 11.6 Å². The van der Waals surface area contributed by atoms with E-state index in [0.717, 1.165) is 12.8 Å². The molecule has 1 aromatic carbocycles. The van der Waals surface area contributed by atoms with Gasteiger partial charge in [0, 0.05) is 11.1 Å². The van der Waals surface area contributed by atoms with Crippen LogP contribution in [-0.4, -0.2) is 18.1 Å². The first-order chi connectivity index (χ1) is 9.06. The van der Waals surface area contributed by atoms with Gasteiger partial charge in [0.05, 0.1) is 0 Å². The van der Waals surface area contributed by atoms with Gasteiger partial charge in [0.25, 0.3) is 5.91 Å². The van der Waals surface area contributed by atoms with Crippen molar-refractivity contribution in [1.29, 1.82) is 0 Å². The second-order valence-electron chi connectivity index (χ2n) is 4.67. The van der Waals surface area contributed by atoms with Gasteiger partial charge in [-0.05, 0) is 44.0 Å². The van der Waals surface area contributed by atoms with E-state index in [9.17, 15) is 4.79 Å². The van der Waals surface area contributed by atoms with E-state index >= 15 is 0 Å². The minimum atomic E-state index is -0.458. The molecule has 0 aliphatic heterocycles. The molecule has 0 saturated heterocycles. The monoisotopic (exact) mass is 283 g/mol. The summed E-state index contributed by atoms with van der Waals surface area (Å²) in [5.41, 5.74) is 0. The van der Waals surface area contributed by atoms with E-state index in [1.54, 1.807) is 24.3 Å². The van der Waals surface area contributed by atoms with Crippen molar-refractivity contribution in [3.63, 3.8) is 0 Å². The Kier molecular flexibility index (Phi) is 6.71. The van der Waals surface area contributed by atoms with Crippen LogP contribution in [0.4, 0.5) is 0 Å². The number of ether oxygens (including phenoxy) is 1. The van der Waals surface area contributed by atoms with E-state index < -0.39 is 6.10 Å². The van der Waals surface area contributed by atoms with Crippen LogP contribution in [0.25, 0.3) is 0 Å². The van der Waals surface area contributed by atoms with Crippen molar-refractivity contribution < 1.29 is 9.53 Å². The third-order valence-electron chi connectivity index (χ3n) is 2.87. The largest absolute Gasteiger partial charge is 0.481 e. The molecule has 3 nitrogen and oxygen atoms in total. The molecule has 0 heterocycles. The Morgan fingerprint density at radius 2 is 1.95 bits per heavy atom. The summed E-state index contributed by atoms with van der Waals surface area (Å²) < 4.78 is 5.69. The van der Waals surface area contributed by atoms with Crippen molar-refractivity contribution in [2.45, 2.75) is 52.2 Å². The summed E-state index contributed by atoms with van der Waals surface area (Å²) in [5, 5.41) is 3.63.